The van der Waals surface area contributed by atoms with Gasteiger partial charge < -0.3 is 5.73 Å². The summed E-state index contributed by atoms with van der Waals surface area (Å²) in [6.45, 7) is 0.539. The highest BCUT2D eigenvalue weighted by Crippen LogP contribution is 2.27. The van der Waals surface area contributed by atoms with Gasteiger partial charge in [0.2, 0.25) is 0 Å². The van der Waals surface area contributed by atoms with E-state index in [1.165, 1.54) is 32.1 Å². The third-order valence-corrected chi connectivity index (χ3v) is 3.71. The quantitative estimate of drug-likeness (QED) is 0.808. The van der Waals surface area contributed by atoms with Crippen molar-refractivity contribution in [2.45, 2.75) is 45.1 Å². The van der Waals surface area contributed by atoms with Gasteiger partial charge in [0.1, 0.15) is 0 Å². The third-order valence-electron chi connectivity index (χ3n) is 3.71. The summed E-state index contributed by atoms with van der Waals surface area (Å²) in [5, 5.41) is 0. The van der Waals surface area contributed by atoms with Crippen LogP contribution >= 0.6 is 0 Å². The van der Waals surface area contributed by atoms with Gasteiger partial charge in [0.15, 0.2) is 5.78 Å². The monoisotopic (exact) mass is 231 g/mol. The van der Waals surface area contributed by atoms with Gasteiger partial charge in [-0.15, -0.1) is 0 Å². The van der Waals surface area contributed by atoms with Crippen LogP contribution in [0.15, 0.2) is 24.3 Å². The first kappa shape index (κ1) is 12.3. The van der Waals surface area contributed by atoms with Crippen molar-refractivity contribution in [1.82, 2.24) is 0 Å². The number of nitrogens with two attached hydrogens (primary N) is 1. The van der Waals surface area contributed by atoms with Crippen molar-refractivity contribution in [1.29, 1.82) is 0 Å². The Hall–Kier alpha value is -1.15. The summed E-state index contributed by atoms with van der Waals surface area (Å²) in [5.74, 6) is 0.908. The fourth-order valence-electron chi connectivity index (χ4n) is 2.60. The molecule has 0 atom stereocenters. The number of hydrogen-bond acceptors (Lipinski definition) is 2. The molecule has 1 saturated carbocycles. The maximum atomic E-state index is 12.1. The van der Waals surface area contributed by atoms with Crippen LogP contribution in [0.1, 0.15) is 54.4 Å². The van der Waals surface area contributed by atoms with Gasteiger partial charge in [-0.1, -0.05) is 56.4 Å². The van der Waals surface area contributed by atoms with Crippen molar-refractivity contribution < 1.29 is 4.79 Å². The lowest BCUT2D eigenvalue weighted by molar-refractivity contribution is 0.0950. The highest BCUT2D eigenvalue weighted by atomic mass is 16.1. The van der Waals surface area contributed by atoms with Crippen molar-refractivity contribution >= 4 is 5.78 Å². The molecule has 0 aliphatic heterocycles. The number of ketones is 1. The van der Waals surface area contributed by atoms with Crippen molar-refractivity contribution in [2.75, 3.05) is 0 Å². The number of benzene rings is 1. The molecule has 0 heterocycles. The van der Waals surface area contributed by atoms with Gasteiger partial charge in [-0.25, -0.2) is 0 Å². The van der Waals surface area contributed by atoms with Crippen LogP contribution in [0.5, 0.6) is 0 Å². The molecule has 0 radical (unpaired) electrons. The van der Waals surface area contributed by atoms with Crippen molar-refractivity contribution in [3.8, 4) is 0 Å². The number of Topliss-reactive ketones (excluding diaryl/α,β-unsaturated/α-hetero) is 1. The second kappa shape index (κ2) is 5.97. The zero-order chi connectivity index (χ0) is 12.1. The molecular formula is C15H21NO. The van der Waals surface area contributed by atoms with E-state index in [1.807, 2.05) is 24.3 Å². The van der Waals surface area contributed by atoms with Crippen LogP contribution in [0.25, 0.3) is 0 Å². The molecule has 0 saturated heterocycles. The average molecular weight is 231 g/mol. The SMILES string of the molecule is NCc1ccc(C(=O)CC2CCCCC2)cc1. The van der Waals surface area contributed by atoms with E-state index >= 15 is 0 Å². The second-order valence-corrected chi connectivity index (χ2v) is 5.03. The molecular weight excluding hydrogens is 210 g/mol. The Bertz CT molecular complexity index is 363. The normalized spacial score (nSPS) is 17.0. The Morgan fingerprint density at radius 2 is 1.76 bits per heavy atom. The lowest BCUT2D eigenvalue weighted by Crippen LogP contribution is -2.12. The summed E-state index contributed by atoms with van der Waals surface area (Å²) >= 11 is 0. The molecule has 1 aliphatic rings. The molecule has 92 valence electrons. The molecule has 17 heavy (non-hydrogen) atoms. The molecule has 1 aromatic carbocycles. The first-order valence-corrected chi connectivity index (χ1v) is 6.62. The predicted molar refractivity (Wildman–Crippen MR) is 69.9 cm³/mol. The molecule has 1 aliphatic carbocycles. The smallest absolute Gasteiger partial charge is 0.163 e. The Balaban J connectivity index is 1.93. The summed E-state index contributed by atoms with van der Waals surface area (Å²) in [5.41, 5.74) is 7.46. The van der Waals surface area contributed by atoms with E-state index in [4.69, 9.17) is 5.73 Å². The van der Waals surface area contributed by atoms with Crippen molar-refractivity contribution in [2.24, 2.45) is 11.7 Å². The van der Waals surface area contributed by atoms with Gasteiger partial charge in [-0.2, -0.15) is 0 Å². The van der Waals surface area contributed by atoms with Crippen LogP contribution in [-0.4, -0.2) is 5.78 Å². The lowest BCUT2D eigenvalue weighted by atomic mass is 9.85. The molecule has 1 aromatic rings. The van der Waals surface area contributed by atoms with Crippen LogP contribution < -0.4 is 5.73 Å². The van der Waals surface area contributed by atoms with E-state index < -0.39 is 0 Å². The van der Waals surface area contributed by atoms with Crippen molar-refractivity contribution in [3.63, 3.8) is 0 Å². The second-order valence-electron chi connectivity index (χ2n) is 5.03. The third kappa shape index (κ3) is 3.40. The summed E-state index contributed by atoms with van der Waals surface area (Å²) in [7, 11) is 0. The average Bonchev–Trinajstić information content (AvgIpc) is 2.40. The van der Waals surface area contributed by atoms with Crippen LogP contribution in [0.2, 0.25) is 0 Å². The molecule has 0 unspecified atom stereocenters. The van der Waals surface area contributed by atoms with E-state index in [2.05, 4.69) is 0 Å². The van der Waals surface area contributed by atoms with Crippen LogP contribution in [-0.2, 0) is 6.54 Å². The Kier molecular flexibility index (Phi) is 4.32. The van der Waals surface area contributed by atoms with Gasteiger partial charge in [0, 0.05) is 18.5 Å². The van der Waals surface area contributed by atoms with Crippen LogP contribution in [0.4, 0.5) is 0 Å². The van der Waals surface area contributed by atoms with E-state index in [-0.39, 0.29) is 0 Å². The fourth-order valence-corrected chi connectivity index (χ4v) is 2.60. The molecule has 0 spiro atoms. The molecule has 2 N–H and O–H groups in total. The summed E-state index contributed by atoms with van der Waals surface area (Å²) in [6, 6.07) is 7.73. The molecule has 0 bridgehead atoms. The van der Waals surface area contributed by atoms with Gasteiger partial charge in [-0.3, -0.25) is 4.79 Å². The zero-order valence-electron chi connectivity index (χ0n) is 10.3. The molecule has 2 heteroatoms. The van der Waals surface area contributed by atoms with Gasteiger partial charge in [0.05, 0.1) is 0 Å². The predicted octanol–water partition coefficient (Wildman–Crippen LogP) is 3.30. The van der Waals surface area contributed by atoms with Gasteiger partial charge >= 0.3 is 0 Å². The minimum atomic E-state index is 0.292. The van der Waals surface area contributed by atoms with Gasteiger partial charge in [-0.05, 0) is 11.5 Å². The van der Waals surface area contributed by atoms with E-state index in [0.29, 0.717) is 18.2 Å². The van der Waals surface area contributed by atoms with Crippen molar-refractivity contribution in [3.05, 3.63) is 35.4 Å². The fraction of sp³-hybridized carbons (Fsp3) is 0.533. The molecule has 2 nitrogen and oxygen atoms in total. The standard InChI is InChI=1S/C15H21NO/c16-11-13-6-8-14(9-7-13)15(17)10-12-4-2-1-3-5-12/h6-9,12H,1-5,10-11,16H2. The van der Waals surface area contributed by atoms with Crippen LogP contribution in [0, 0.1) is 5.92 Å². The number of carbonyl (C=O) groups excluding carboxylic acids is 1. The minimum Gasteiger partial charge on any atom is -0.326 e. The maximum Gasteiger partial charge on any atom is 0.163 e. The van der Waals surface area contributed by atoms with E-state index in [9.17, 15) is 4.79 Å². The topological polar surface area (TPSA) is 43.1 Å². The minimum absolute atomic E-state index is 0.292. The first-order valence-electron chi connectivity index (χ1n) is 6.62. The number of hydrogen-bond donors (Lipinski definition) is 1. The summed E-state index contributed by atoms with van der Waals surface area (Å²) in [4.78, 5) is 12.1. The summed E-state index contributed by atoms with van der Waals surface area (Å²) < 4.78 is 0. The Morgan fingerprint density at radius 1 is 1.12 bits per heavy atom. The van der Waals surface area contributed by atoms with Gasteiger partial charge in [0.25, 0.3) is 0 Å². The van der Waals surface area contributed by atoms with Crippen LogP contribution in [0.3, 0.4) is 0 Å². The first-order chi connectivity index (χ1) is 8.29. The highest BCUT2D eigenvalue weighted by Gasteiger charge is 2.17. The van der Waals surface area contributed by atoms with E-state index in [0.717, 1.165) is 17.5 Å². The van der Waals surface area contributed by atoms with E-state index in [1.54, 1.807) is 0 Å². The molecule has 0 aromatic heterocycles. The number of rotatable bonds is 4. The molecule has 1 fully saturated rings. The lowest BCUT2D eigenvalue weighted by Gasteiger charge is -2.20. The molecule has 2 rings (SSSR count). The highest BCUT2D eigenvalue weighted by molar-refractivity contribution is 5.96. The zero-order valence-corrected chi connectivity index (χ0v) is 10.3. The Labute approximate surface area is 103 Å². The largest absolute Gasteiger partial charge is 0.326 e. The number of carbonyl (C=O) groups is 1. The summed E-state index contributed by atoms with van der Waals surface area (Å²) in [6.07, 6.45) is 7.12. The maximum absolute atomic E-state index is 12.1. The molecule has 0 amide bonds. The Morgan fingerprint density at radius 3 is 2.35 bits per heavy atom.